The van der Waals surface area contributed by atoms with Crippen LogP contribution in [0.1, 0.15) is 32.6 Å². The zero-order chi connectivity index (χ0) is 13.9. The van der Waals surface area contributed by atoms with Crippen LogP contribution < -0.4 is 5.32 Å². The van der Waals surface area contributed by atoms with Crippen molar-refractivity contribution < 1.29 is 10.0 Å². The Morgan fingerprint density at radius 3 is 2.84 bits per heavy atom. The number of aromatic nitrogens is 1. The van der Waals surface area contributed by atoms with Gasteiger partial charge in [0.1, 0.15) is 5.82 Å². The van der Waals surface area contributed by atoms with E-state index in [2.05, 4.69) is 17.2 Å². The predicted molar refractivity (Wildman–Crippen MR) is 72.0 cm³/mol. The molecule has 1 aromatic heterocycles. The summed E-state index contributed by atoms with van der Waals surface area (Å²) in [5, 5.41) is 23.6. The maximum Gasteiger partial charge on any atom is 0.274 e. The SMILES string of the molecule is CC1CCC(CO)(Nc2cc([N+](=O)[O-])ccn2)CC1. The van der Waals surface area contributed by atoms with Crippen LogP contribution in [0.5, 0.6) is 0 Å². The van der Waals surface area contributed by atoms with Gasteiger partial charge in [-0.2, -0.15) is 0 Å². The van der Waals surface area contributed by atoms with Gasteiger partial charge in [0.2, 0.25) is 0 Å². The lowest BCUT2D eigenvalue weighted by molar-refractivity contribution is -0.384. The molecule has 0 atom stereocenters. The molecule has 0 radical (unpaired) electrons. The summed E-state index contributed by atoms with van der Waals surface area (Å²) in [7, 11) is 0. The molecule has 6 heteroatoms. The quantitative estimate of drug-likeness (QED) is 0.644. The van der Waals surface area contributed by atoms with Crippen LogP contribution in [-0.2, 0) is 0 Å². The Morgan fingerprint density at radius 1 is 1.58 bits per heavy atom. The Morgan fingerprint density at radius 2 is 2.26 bits per heavy atom. The lowest BCUT2D eigenvalue weighted by Gasteiger charge is -2.39. The summed E-state index contributed by atoms with van der Waals surface area (Å²) in [6, 6.07) is 2.77. The fourth-order valence-electron chi connectivity index (χ4n) is 2.51. The lowest BCUT2D eigenvalue weighted by atomic mass is 9.77. The molecule has 1 saturated carbocycles. The van der Waals surface area contributed by atoms with E-state index in [1.807, 2.05) is 0 Å². The molecule has 0 bridgehead atoms. The second-order valence-electron chi connectivity index (χ2n) is 5.40. The van der Waals surface area contributed by atoms with Crippen molar-refractivity contribution in [2.75, 3.05) is 11.9 Å². The molecule has 1 heterocycles. The van der Waals surface area contributed by atoms with E-state index in [0.717, 1.165) is 25.7 Å². The van der Waals surface area contributed by atoms with Crippen LogP contribution in [0.4, 0.5) is 11.5 Å². The maximum absolute atomic E-state index is 10.7. The van der Waals surface area contributed by atoms with Crippen molar-refractivity contribution in [1.82, 2.24) is 4.98 Å². The van der Waals surface area contributed by atoms with Crippen molar-refractivity contribution in [3.05, 3.63) is 28.4 Å². The Hall–Kier alpha value is -1.69. The molecule has 0 spiro atoms. The van der Waals surface area contributed by atoms with E-state index in [-0.39, 0.29) is 12.3 Å². The molecule has 0 unspecified atom stereocenters. The van der Waals surface area contributed by atoms with E-state index < -0.39 is 10.5 Å². The predicted octanol–water partition coefficient (Wildman–Crippen LogP) is 2.34. The van der Waals surface area contributed by atoms with Crippen LogP contribution in [0.3, 0.4) is 0 Å². The molecule has 1 fully saturated rings. The number of aliphatic hydroxyl groups excluding tert-OH is 1. The molecule has 0 aliphatic heterocycles. The molecule has 0 amide bonds. The fraction of sp³-hybridized carbons (Fsp3) is 0.615. The first-order valence-corrected chi connectivity index (χ1v) is 6.54. The van der Waals surface area contributed by atoms with Crippen molar-refractivity contribution in [2.24, 2.45) is 5.92 Å². The molecule has 0 aromatic carbocycles. The van der Waals surface area contributed by atoms with Gasteiger partial charge in [-0.1, -0.05) is 6.92 Å². The zero-order valence-corrected chi connectivity index (χ0v) is 11.0. The van der Waals surface area contributed by atoms with Gasteiger partial charge in [0.15, 0.2) is 0 Å². The van der Waals surface area contributed by atoms with Crippen molar-refractivity contribution >= 4 is 11.5 Å². The number of anilines is 1. The summed E-state index contributed by atoms with van der Waals surface area (Å²) in [5.41, 5.74) is -0.385. The topological polar surface area (TPSA) is 88.3 Å². The highest BCUT2D eigenvalue weighted by Crippen LogP contribution is 2.34. The number of nitro groups is 1. The second kappa shape index (κ2) is 5.52. The Bertz CT molecular complexity index is 456. The first-order chi connectivity index (χ1) is 9.04. The summed E-state index contributed by atoms with van der Waals surface area (Å²) in [6.45, 7) is 2.22. The van der Waals surface area contributed by atoms with E-state index in [9.17, 15) is 15.2 Å². The molecule has 19 heavy (non-hydrogen) atoms. The van der Waals surface area contributed by atoms with Gasteiger partial charge < -0.3 is 10.4 Å². The van der Waals surface area contributed by atoms with Gasteiger partial charge in [0.05, 0.1) is 23.1 Å². The minimum Gasteiger partial charge on any atom is -0.394 e. The summed E-state index contributed by atoms with van der Waals surface area (Å²) < 4.78 is 0. The molecule has 104 valence electrons. The number of pyridine rings is 1. The Labute approximate surface area is 112 Å². The van der Waals surface area contributed by atoms with Crippen LogP contribution in [0.2, 0.25) is 0 Å². The third-order valence-electron chi connectivity index (χ3n) is 3.88. The normalized spacial score (nSPS) is 26.9. The first-order valence-electron chi connectivity index (χ1n) is 6.54. The fourth-order valence-corrected chi connectivity index (χ4v) is 2.51. The van der Waals surface area contributed by atoms with E-state index in [1.54, 1.807) is 0 Å². The van der Waals surface area contributed by atoms with Gasteiger partial charge in [-0.3, -0.25) is 10.1 Å². The third kappa shape index (κ3) is 3.20. The van der Waals surface area contributed by atoms with Gasteiger partial charge in [-0.05, 0) is 31.6 Å². The molecular weight excluding hydrogens is 246 g/mol. The number of hydrogen-bond acceptors (Lipinski definition) is 5. The van der Waals surface area contributed by atoms with Crippen LogP contribution >= 0.6 is 0 Å². The van der Waals surface area contributed by atoms with E-state index in [0.29, 0.717) is 11.7 Å². The number of nitrogens with zero attached hydrogens (tertiary/aromatic N) is 2. The summed E-state index contributed by atoms with van der Waals surface area (Å²) in [5.74, 6) is 1.12. The highest BCUT2D eigenvalue weighted by molar-refractivity contribution is 5.46. The summed E-state index contributed by atoms with van der Waals surface area (Å²) in [6.07, 6.45) is 5.21. The highest BCUT2D eigenvalue weighted by atomic mass is 16.6. The lowest BCUT2D eigenvalue weighted by Crippen LogP contribution is -2.45. The van der Waals surface area contributed by atoms with Gasteiger partial charge in [-0.15, -0.1) is 0 Å². The second-order valence-corrected chi connectivity index (χ2v) is 5.40. The van der Waals surface area contributed by atoms with Crippen LogP contribution in [0, 0.1) is 16.0 Å². The minimum atomic E-state index is -0.443. The smallest absolute Gasteiger partial charge is 0.274 e. The molecule has 2 N–H and O–H groups in total. The van der Waals surface area contributed by atoms with Gasteiger partial charge in [-0.25, -0.2) is 4.98 Å². The standard InChI is InChI=1S/C13H19N3O3/c1-10-2-5-13(9-17,6-3-10)15-12-8-11(16(18)19)4-7-14-12/h4,7-8,10,17H,2-3,5-6,9H2,1H3,(H,14,15). The highest BCUT2D eigenvalue weighted by Gasteiger charge is 2.34. The minimum absolute atomic E-state index is 0.00904. The van der Waals surface area contributed by atoms with E-state index in [1.165, 1.54) is 18.3 Å². The molecule has 1 aliphatic carbocycles. The van der Waals surface area contributed by atoms with Crippen molar-refractivity contribution in [3.8, 4) is 0 Å². The number of nitrogens with one attached hydrogen (secondary N) is 1. The molecular formula is C13H19N3O3. The third-order valence-corrected chi connectivity index (χ3v) is 3.88. The van der Waals surface area contributed by atoms with Gasteiger partial charge in [0, 0.05) is 12.3 Å². The van der Waals surface area contributed by atoms with Crippen molar-refractivity contribution in [2.45, 2.75) is 38.1 Å². The van der Waals surface area contributed by atoms with Crippen LogP contribution in [0.15, 0.2) is 18.3 Å². The van der Waals surface area contributed by atoms with Gasteiger partial charge >= 0.3 is 0 Å². The molecule has 0 saturated heterocycles. The Balaban J connectivity index is 2.14. The molecule has 2 rings (SSSR count). The average molecular weight is 265 g/mol. The van der Waals surface area contributed by atoms with Crippen molar-refractivity contribution in [3.63, 3.8) is 0 Å². The summed E-state index contributed by atoms with van der Waals surface area (Å²) >= 11 is 0. The van der Waals surface area contributed by atoms with E-state index >= 15 is 0 Å². The Kier molecular flexibility index (Phi) is 3.99. The van der Waals surface area contributed by atoms with Gasteiger partial charge in [0.25, 0.3) is 5.69 Å². The zero-order valence-electron chi connectivity index (χ0n) is 11.0. The maximum atomic E-state index is 10.7. The molecule has 6 nitrogen and oxygen atoms in total. The monoisotopic (exact) mass is 265 g/mol. The molecule has 1 aliphatic rings. The van der Waals surface area contributed by atoms with Crippen LogP contribution in [0.25, 0.3) is 0 Å². The molecule has 1 aromatic rings. The average Bonchev–Trinajstić information content (AvgIpc) is 2.42. The summed E-state index contributed by atoms with van der Waals surface area (Å²) in [4.78, 5) is 14.4. The van der Waals surface area contributed by atoms with Crippen molar-refractivity contribution in [1.29, 1.82) is 0 Å². The number of aliphatic hydroxyl groups is 1. The number of hydrogen-bond donors (Lipinski definition) is 2. The number of rotatable bonds is 4. The van der Waals surface area contributed by atoms with Crippen LogP contribution in [-0.4, -0.2) is 27.2 Å². The van der Waals surface area contributed by atoms with E-state index in [4.69, 9.17) is 0 Å². The first kappa shape index (κ1) is 13.7. The largest absolute Gasteiger partial charge is 0.394 e.